The molecular weight excluding hydrogens is 444 g/mol. The minimum Gasteiger partial charge on any atom is -0.338 e. The van der Waals surface area contributed by atoms with Crippen LogP contribution in [0.15, 0.2) is 49.8 Å². The van der Waals surface area contributed by atoms with Crippen molar-refractivity contribution in [2.45, 2.75) is 20.0 Å². The number of aryl methyl sites for hydroxylation is 1. The zero-order valence-electron chi connectivity index (χ0n) is 18.0. The molecule has 1 aromatic carbocycles. The first-order chi connectivity index (χ1) is 16.0. The van der Waals surface area contributed by atoms with Crippen molar-refractivity contribution in [1.82, 2.24) is 29.5 Å². The number of carbonyl (C=O) groups excluding carboxylic acids is 1. The fourth-order valence-corrected chi connectivity index (χ4v) is 4.68. The van der Waals surface area contributed by atoms with Crippen LogP contribution in [0.4, 0.5) is 0 Å². The summed E-state index contributed by atoms with van der Waals surface area (Å²) >= 11 is 1.56. The van der Waals surface area contributed by atoms with Crippen molar-refractivity contribution >= 4 is 28.3 Å². The smallest absolute Gasteiger partial charge is 0.316 e. The second-order valence-corrected chi connectivity index (χ2v) is 8.74. The molecule has 1 saturated heterocycles. The Labute approximate surface area is 192 Å². The van der Waals surface area contributed by atoms with Crippen LogP contribution >= 0.6 is 11.3 Å². The van der Waals surface area contributed by atoms with Gasteiger partial charge in [-0.25, -0.2) is 0 Å². The summed E-state index contributed by atoms with van der Waals surface area (Å²) in [6.07, 6.45) is 0. The third-order valence-electron chi connectivity index (χ3n) is 5.77. The zero-order valence-corrected chi connectivity index (χ0v) is 18.8. The first-order valence-corrected chi connectivity index (χ1v) is 11.6. The molecule has 10 nitrogen and oxygen atoms in total. The van der Waals surface area contributed by atoms with E-state index in [1.54, 1.807) is 41.4 Å². The molecule has 4 aromatic rings. The third-order valence-corrected chi connectivity index (χ3v) is 6.63. The molecule has 1 N–H and O–H groups in total. The molecule has 170 valence electrons. The van der Waals surface area contributed by atoms with Crippen LogP contribution in [0.5, 0.6) is 0 Å². The van der Waals surface area contributed by atoms with Gasteiger partial charge in [-0.05, 0) is 36.6 Å². The Kier molecular flexibility index (Phi) is 5.65. The molecule has 11 heteroatoms. The van der Waals surface area contributed by atoms with Gasteiger partial charge in [0.15, 0.2) is 0 Å². The number of hydrogen-bond acceptors (Lipinski definition) is 8. The number of benzene rings is 1. The molecule has 1 amide bonds. The molecule has 0 bridgehead atoms. The van der Waals surface area contributed by atoms with E-state index in [4.69, 9.17) is 4.52 Å². The van der Waals surface area contributed by atoms with Gasteiger partial charge in [-0.2, -0.15) is 4.98 Å². The highest BCUT2D eigenvalue weighted by molar-refractivity contribution is 7.13. The Morgan fingerprint density at radius 3 is 2.73 bits per heavy atom. The van der Waals surface area contributed by atoms with Gasteiger partial charge in [0.05, 0.1) is 22.5 Å². The quantitative estimate of drug-likeness (QED) is 0.446. The summed E-state index contributed by atoms with van der Waals surface area (Å²) in [6.45, 7) is 5.21. The molecule has 0 spiro atoms. The number of amides is 1. The fraction of sp³-hybridized carbons (Fsp3) is 0.318. The highest BCUT2D eigenvalue weighted by Gasteiger charge is 2.24. The number of fused-ring (bicyclic) bond motifs is 1. The maximum absolute atomic E-state index is 13.1. The number of nitrogens with one attached hydrogen (secondary N) is 1. The van der Waals surface area contributed by atoms with Gasteiger partial charge in [0.2, 0.25) is 11.7 Å². The van der Waals surface area contributed by atoms with Gasteiger partial charge in [-0.1, -0.05) is 11.2 Å². The van der Waals surface area contributed by atoms with E-state index in [0.29, 0.717) is 67.6 Å². The molecule has 33 heavy (non-hydrogen) atoms. The number of nitrogens with zero attached hydrogens (tertiary/aromatic N) is 5. The van der Waals surface area contributed by atoms with Crippen LogP contribution in [0.1, 0.15) is 23.2 Å². The maximum Gasteiger partial charge on any atom is 0.316 e. The topological polar surface area (TPSA) is 117 Å². The lowest BCUT2D eigenvalue weighted by atomic mass is 10.1. The Morgan fingerprint density at radius 1 is 1.18 bits per heavy atom. The molecule has 0 radical (unpaired) electrons. The SMILES string of the molecule is CCn1c(=O)c(=O)[nH]c2cc(C(=O)N3CCN(Cc4nc(-c5cccs5)no4)CC3)ccc21. The van der Waals surface area contributed by atoms with E-state index in [1.807, 2.05) is 17.5 Å². The van der Waals surface area contributed by atoms with Gasteiger partial charge in [-0.3, -0.25) is 19.3 Å². The predicted octanol–water partition coefficient (Wildman–Crippen LogP) is 1.78. The van der Waals surface area contributed by atoms with Gasteiger partial charge in [0.25, 0.3) is 5.91 Å². The minimum atomic E-state index is -0.689. The number of piperazine rings is 1. The molecule has 4 heterocycles. The summed E-state index contributed by atoms with van der Waals surface area (Å²) in [4.78, 5) is 49.0. The van der Waals surface area contributed by atoms with E-state index < -0.39 is 11.1 Å². The van der Waals surface area contributed by atoms with E-state index in [9.17, 15) is 14.4 Å². The van der Waals surface area contributed by atoms with Gasteiger partial charge < -0.3 is 19.0 Å². The van der Waals surface area contributed by atoms with Gasteiger partial charge >= 0.3 is 11.1 Å². The lowest BCUT2D eigenvalue weighted by molar-refractivity contribution is 0.0615. The number of rotatable bonds is 5. The van der Waals surface area contributed by atoms with Crippen LogP contribution < -0.4 is 11.1 Å². The van der Waals surface area contributed by atoms with Crippen LogP contribution in [0.3, 0.4) is 0 Å². The molecule has 0 saturated carbocycles. The van der Waals surface area contributed by atoms with Crippen LogP contribution in [0, 0.1) is 0 Å². The fourth-order valence-electron chi connectivity index (χ4n) is 4.03. The number of hydrogen-bond donors (Lipinski definition) is 1. The number of H-pyrrole nitrogens is 1. The monoisotopic (exact) mass is 466 g/mol. The Morgan fingerprint density at radius 2 is 2.00 bits per heavy atom. The third kappa shape index (κ3) is 4.12. The molecule has 1 aliphatic heterocycles. The van der Waals surface area contributed by atoms with Crippen LogP contribution in [0.2, 0.25) is 0 Å². The molecule has 1 fully saturated rings. The first-order valence-electron chi connectivity index (χ1n) is 10.7. The normalized spacial score (nSPS) is 14.8. The summed E-state index contributed by atoms with van der Waals surface area (Å²) in [5.74, 6) is 1.04. The van der Waals surface area contributed by atoms with Crippen molar-refractivity contribution in [3.8, 4) is 10.7 Å². The highest BCUT2D eigenvalue weighted by Crippen LogP contribution is 2.22. The van der Waals surface area contributed by atoms with E-state index in [1.165, 1.54) is 4.57 Å². The summed E-state index contributed by atoms with van der Waals surface area (Å²) in [6, 6.07) is 8.95. The van der Waals surface area contributed by atoms with E-state index in [2.05, 4.69) is 20.0 Å². The summed E-state index contributed by atoms with van der Waals surface area (Å²) in [5, 5.41) is 6.01. The number of thiophene rings is 1. The molecule has 0 unspecified atom stereocenters. The van der Waals surface area contributed by atoms with Crippen molar-refractivity contribution in [3.05, 3.63) is 67.9 Å². The van der Waals surface area contributed by atoms with Crippen molar-refractivity contribution < 1.29 is 9.32 Å². The van der Waals surface area contributed by atoms with Crippen LogP contribution in [-0.4, -0.2) is 61.6 Å². The second kappa shape index (κ2) is 8.75. The summed E-state index contributed by atoms with van der Waals surface area (Å²) in [5.41, 5.74) is 0.272. The summed E-state index contributed by atoms with van der Waals surface area (Å²) < 4.78 is 6.79. The molecule has 0 aliphatic carbocycles. The van der Waals surface area contributed by atoms with Gasteiger partial charge in [0, 0.05) is 38.3 Å². The number of carbonyl (C=O) groups is 1. The zero-order chi connectivity index (χ0) is 22.9. The number of aromatic amines is 1. The predicted molar refractivity (Wildman–Crippen MR) is 123 cm³/mol. The van der Waals surface area contributed by atoms with Crippen LogP contribution in [0.25, 0.3) is 21.7 Å². The Hall–Kier alpha value is -3.57. The van der Waals surface area contributed by atoms with Crippen molar-refractivity contribution in [2.75, 3.05) is 26.2 Å². The minimum absolute atomic E-state index is 0.107. The van der Waals surface area contributed by atoms with Gasteiger partial charge in [0.1, 0.15) is 0 Å². The maximum atomic E-state index is 13.1. The van der Waals surface area contributed by atoms with Gasteiger partial charge in [-0.15, -0.1) is 11.3 Å². The second-order valence-electron chi connectivity index (χ2n) is 7.79. The largest absolute Gasteiger partial charge is 0.338 e. The van der Waals surface area contributed by atoms with Crippen molar-refractivity contribution in [1.29, 1.82) is 0 Å². The molecule has 1 aliphatic rings. The molecule has 5 rings (SSSR count). The standard InChI is InChI=1S/C22H22N6O4S/c1-2-28-16-6-5-14(12-15(16)23-20(29)22(28)31)21(30)27-9-7-26(8-10-27)13-18-24-19(25-32-18)17-4-3-11-33-17/h3-6,11-12H,2,7-10,13H2,1H3,(H,23,29). The lowest BCUT2D eigenvalue weighted by Gasteiger charge is -2.34. The first kappa shape index (κ1) is 21.3. The Balaban J connectivity index is 1.25. The molecular formula is C22H22N6O4S. The van der Waals surface area contributed by atoms with E-state index >= 15 is 0 Å². The van der Waals surface area contributed by atoms with E-state index in [0.717, 1.165) is 4.88 Å². The molecule has 3 aromatic heterocycles. The Bertz CT molecular complexity index is 1410. The van der Waals surface area contributed by atoms with Crippen molar-refractivity contribution in [2.24, 2.45) is 0 Å². The summed E-state index contributed by atoms with van der Waals surface area (Å²) in [7, 11) is 0. The average molecular weight is 467 g/mol. The molecule has 0 atom stereocenters. The average Bonchev–Trinajstić information content (AvgIpc) is 3.52. The highest BCUT2D eigenvalue weighted by atomic mass is 32.1. The number of aromatic nitrogens is 4. The van der Waals surface area contributed by atoms with Crippen LogP contribution in [-0.2, 0) is 13.1 Å². The lowest BCUT2D eigenvalue weighted by Crippen LogP contribution is -2.48. The van der Waals surface area contributed by atoms with E-state index in [-0.39, 0.29) is 5.91 Å². The van der Waals surface area contributed by atoms with Crippen molar-refractivity contribution in [3.63, 3.8) is 0 Å².